The van der Waals surface area contributed by atoms with E-state index in [4.69, 9.17) is 16.3 Å². The van der Waals surface area contributed by atoms with Crippen molar-refractivity contribution < 1.29 is 14.3 Å². The van der Waals surface area contributed by atoms with Gasteiger partial charge in [-0.1, -0.05) is 6.42 Å². The van der Waals surface area contributed by atoms with E-state index in [0.717, 1.165) is 12.8 Å². The third-order valence-electron chi connectivity index (χ3n) is 1.61. The molecule has 0 aromatic carbocycles. The standard InChI is InChI=1S/C10H17ClO3/c1-8(2)14-10(13)9(12)6-4-3-5-7-11/h8H,3-7H2,1-2H3. The minimum atomic E-state index is -0.717. The van der Waals surface area contributed by atoms with E-state index in [0.29, 0.717) is 12.3 Å². The van der Waals surface area contributed by atoms with Crippen LogP contribution < -0.4 is 0 Å². The predicted octanol–water partition coefficient (Wildman–Crippen LogP) is 2.31. The van der Waals surface area contributed by atoms with Crippen LogP contribution in [0.25, 0.3) is 0 Å². The van der Waals surface area contributed by atoms with Crippen LogP contribution >= 0.6 is 11.6 Å². The molecule has 14 heavy (non-hydrogen) atoms. The van der Waals surface area contributed by atoms with Crippen molar-refractivity contribution in [3.8, 4) is 0 Å². The van der Waals surface area contributed by atoms with Gasteiger partial charge in [0, 0.05) is 12.3 Å². The molecule has 0 aromatic rings. The molecule has 0 aliphatic heterocycles. The second-order valence-corrected chi connectivity index (χ2v) is 3.75. The Bertz CT molecular complexity index is 190. The summed E-state index contributed by atoms with van der Waals surface area (Å²) in [5, 5.41) is 0. The van der Waals surface area contributed by atoms with Crippen LogP contribution in [0.1, 0.15) is 39.5 Å². The third kappa shape index (κ3) is 6.89. The van der Waals surface area contributed by atoms with Crippen LogP contribution in [0, 0.1) is 0 Å². The summed E-state index contributed by atoms with van der Waals surface area (Å²) in [6, 6.07) is 0. The summed E-state index contributed by atoms with van der Waals surface area (Å²) in [5.74, 6) is -0.552. The van der Waals surface area contributed by atoms with Gasteiger partial charge in [0.15, 0.2) is 0 Å². The number of esters is 1. The molecule has 0 aromatic heterocycles. The monoisotopic (exact) mass is 220 g/mol. The van der Waals surface area contributed by atoms with Gasteiger partial charge in [-0.3, -0.25) is 4.79 Å². The number of halogens is 1. The lowest BCUT2D eigenvalue weighted by molar-refractivity contribution is -0.156. The molecule has 0 aliphatic rings. The van der Waals surface area contributed by atoms with Gasteiger partial charge in [0.2, 0.25) is 5.78 Å². The Labute approximate surface area is 89.8 Å². The molecule has 3 nitrogen and oxygen atoms in total. The van der Waals surface area contributed by atoms with Crippen LogP contribution in [0.3, 0.4) is 0 Å². The number of carbonyl (C=O) groups is 2. The molecule has 0 saturated carbocycles. The number of ether oxygens (including phenoxy) is 1. The van der Waals surface area contributed by atoms with Gasteiger partial charge in [-0.05, 0) is 26.7 Å². The highest BCUT2D eigenvalue weighted by Crippen LogP contribution is 2.03. The molecular formula is C10H17ClO3. The van der Waals surface area contributed by atoms with Crippen molar-refractivity contribution in [1.29, 1.82) is 0 Å². The van der Waals surface area contributed by atoms with Crippen molar-refractivity contribution in [3.63, 3.8) is 0 Å². The molecule has 0 rings (SSSR count). The van der Waals surface area contributed by atoms with Crippen LogP contribution in [0.4, 0.5) is 0 Å². The van der Waals surface area contributed by atoms with E-state index in [9.17, 15) is 9.59 Å². The van der Waals surface area contributed by atoms with E-state index in [1.807, 2.05) is 0 Å². The van der Waals surface area contributed by atoms with E-state index in [1.165, 1.54) is 0 Å². The van der Waals surface area contributed by atoms with Crippen molar-refractivity contribution in [2.24, 2.45) is 0 Å². The van der Waals surface area contributed by atoms with Crippen molar-refractivity contribution in [2.45, 2.75) is 45.6 Å². The highest BCUT2D eigenvalue weighted by Gasteiger charge is 2.15. The van der Waals surface area contributed by atoms with Crippen molar-refractivity contribution in [3.05, 3.63) is 0 Å². The summed E-state index contributed by atoms with van der Waals surface area (Å²) in [4.78, 5) is 22.2. The SMILES string of the molecule is CC(C)OC(=O)C(=O)CCCCCCl. The van der Waals surface area contributed by atoms with Crippen LogP contribution in [0.15, 0.2) is 0 Å². The Hall–Kier alpha value is -0.570. The topological polar surface area (TPSA) is 43.4 Å². The van der Waals surface area contributed by atoms with Gasteiger partial charge in [-0.25, -0.2) is 4.79 Å². The first-order valence-electron chi connectivity index (χ1n) is 4.87. The first kappa shape index (κ1) is 13.4. The molecule has 0 fully saturated rings. The van der Waals surface area contributed by atoms with E-state index in [2.05, 4.69) is 0 Å². The maximum absolute atomic E-state index is 11.1. The maximum Gasteiger partial charge on any atom is 0.374 e. The Kier molecular flexibility index (Phi) is 7.48. The van der Waals surface area contributed by atoms with E-state index in [1.54, 1.807) is 13.8 Å². The molecule has 0 bridgehead atoms. The summed E-state index contributed by atoms with van der Waals surface area (Å²) in [7, 11) is 0. The average molecular weight is 221 g/mol. The Morgan fingerprint density at radius 3 is 2.36 bits per heavy atom. The number of Topliss-reactive ketones (excluding diaryl/α,β-unsaturated/α-hetero) is 1. The van der Waals surface area contributed by atoms with Crippen molar-refractivity contribution in [2.75, 3.05) is 5.88 Å². The van der Waals surface area contributed by atoms with Gasteiger partial charge in [0.05, 0.1) is 6.10 Å². The second-order valence-electron chi connectivity index (χ2n) is 3.38. The van der Waals surface area contributed by atoms with Gasteiger partial charge in [0.25, 0.3) is 0 Å². The summed E-state index contributed by atoms with van der Waals surface area (Å²) in [6.07, 6.45) is 2.51. The minimum Gasteiger partial charge on any atom is -0.457 e. The molecule has 0 saturated heterocycles. The van der Waals surface area contributed by atoms with Gasteiger partial charge >= 0.3 is 5.97 Å². The molecule has 0 unspecified atom stereocenters. The summed E-state index contributed by atoms with van der Waals surface area (Å²) in [5.41, 5.74) is 0. The van der Waals surface area contributed by atoms with Gasteiger partial charge in [0.1, 0.15) is 0 Å². The second kappa shape index (κ2) is 7.80. The predicted molar refractivity (Wildman–Crippen MR) is 55.4 cm³/mol. The molecule has 0 amide bonds. The molecule has 0 N–H and O–H groups in total. The maximum atomic E-state index is 11.1. The molecule has 0 aliphatic carbocycles. The normalized spacial score (nSPS) is 10.3. The zero-order chi connectivity index (χ0) is 11.0. The Morgan fingerprint density at radius 1 is 1.21 bits per heavy atom. The fourth-order valence-corrected chi connectivity index (χ4v) is 1.13. The average Bonchev–Trinajstić information content (AvgIpc) is 2.11. The quantitative estimate of drug-likeness (QED) is 0.286. The fourth-order valence-electron chi connectivity index (χ4n) is 0.939. The van der Waals surface area contributed by atoms with Gasteiger partial charge in [-0.15, -0.1) is 11.6 Å². The third-order valence-corrected chi connectivity index (χ3v) is 1.88. The summed E-state index contributed by atoms with van der Waals surface area (Å²) >= 11 is 5.47. The molecular weight excluding hydrogens is 204 g/mol. The largest absolute Gasteiger partial charge is 0.457 e. The van der Waals surface area contributed by atoms with Gasteiger partial charge in [-0.2, -0.15) is 0 Å². The lowest BCUT2D eigenvalue weighted by atomic mass is 10.1. The smallest absolute Gasteiger partial charge is 0.374 e. The van der Waals surface area contributed by atoms with E-state index < -0.39 is 11.8 Å². The molecule has 4 heteroatoms. The van der Waals surface area contributed by atoms with Crippen LogP contribution in [-0.2, 0) is 14.3 Å². The minimum absolute atomic E-state index is 0.228. The lowest BCUT2D eigenvalue weighted by Gasteiger charge is -2.06. The molecule has 0 spiro atoms. The van der Waals surface area contributed by atoms with Crippen molar-refractivity contribution >= 4 is 23.4 Å². The number of alkyl halides is 1. The molecule has 82 valence electrons. The Balaban J connectivity index is 3.58. The van der Waals surface area contributed by atoms with E-state index >= 15 is 0 Å². The highest BCUT2D eigenvalue weighted by molar-refractivity contribution is 6.33. The number of ketones is 1. The van der Waals surface area contributed by atoms with Crippen molar-refractivity contribution in [1.82, 2.24) is 0 Å². The first-order chi connectivity index (χ1) is 6.57. The zero-order valence-electron chi connectivity index (χ0n) is 8.72. The number of rotatable bonds is 7. The fraction of sp³-hybridized carbons (Fsp3) is 0.800. The van der Waals surface area contributed by atoms with Crippen LogP contribution in [0.2, 0.25) is 0 Å². The first-order valence-corrected chi connectivity index (χ1v) is 5.41. The molecule has 0 radical (unpaired) electrons. The number of hydrogen-bond donors (Lipinski definition) is 0. The molecule has 0 heterocycles. The Morgan fingerprint density at radius 2 is 1.86 bits per heavy atom. The number of unbranched alkanes of at least 4 members (excludes halogenated alkanes) is 2. The number of carbonyl (C=O) groups excluding carboxylic acids is 2. The van der Waals surface area contributed by atoms with Crippen LogP contribution in [-0.4, -0.2) is 23.7 Å². The van der Waals surface area contributed by atoms with Gasteiger partial charge < -0.3 is 4.74 Å². The lowest BCUT2D eigenvalue weighted by Crippen LogP contribution is -2.20. The van der Waals surface area contributed by atoms with Crippen LogP contribution in [0.5, 0.6) is 0 Å². The summed E-state index contributed by atoms with van der Waals surface area (Å²) in [6.45, 7) is 3.44. The summed E-state index contributed by atoms with van der Waals surface area (Å²) < 4.78 is 4.75. The highest BCUT2D eigenvalue weighted by atomic mass is 35.5. The van der Waals surface area contributed by atoms with E-state index in [-0.39, 0.29) is 12.5 Å². The zero-order valence-corrected chi connectivity index (χ0v) is 9.47. The number of hydrogen-bond acceptors (Lipinski definition) is 3. The molecule has 0 atom stereocenters.